The summed E-state index contributed by atoms with van der Waals surface area (Å²) >= 11 is 6.01. The lowest BCUT2D eigenvalue weighted by molar-refractivity contribution is -0.118. The first-order valence-corrected chi connectivity index (χ1v) is 9.58. The Morgan fingerprint density at radius 2 is 1.47 bits per heavy atom. The molecular weight excluding hydrogens is 402 g/mol. The van der Waals surface area contributed by atoms with Crippen LogP contribution in [0.5, 0.6) is 5.75 Å². The number of allylic oxidation sites excluding steroid dienone is 1. The van der Waals surface area contributed by atoms with Gasteiger partial charge in [0.15, 0.2) is 18.2 Å². The number of amides is 1. The van der Waals surface area contributed by atoms with Crippen LogP contribution in [0.1, 0.15) is 26.3 Å². The summed E-state index contributed by atoms with van der Waals surface area (Å²) in [4.78, 5) is 37.0. The smallest absolute Gasteiger partial charge is 0.262 e. The fourth-order valence-corrected chi connectivity index (χ4v) is 3.31. The molecular formula is C24H16ClNO4. The molecule has 0 bridgehead atoms. The number of fused-ring (bicyclic) bond motifs is 1. The maximum atomic E-state index is 12.5. The van der Waals surface area contributed by atoms with Crippen molar-refractivity contribution in [2.24, 2.45) is 0 Å². The van der Waals surface area contributed by atoms with Crippen molar-refractivity contribution in [3.8, 4) is 5.75 Å². The summed E-state index contributed by atoms with van der Waals surface area (Å²) in [5, 5.41) is 3.12. The van der Waals surface area contributed by atoms with E-state index in [4.69, 9.17) is 16.3 Å². The Balaban J connectivity index is 1.40. The van der Waals surface area contributed by atoms with Crippen LogP contribution >= 0.6 is 11.6 Å². The summed E-state index contributed by atoms with van der Waals surface area (Å²) in [6, 6.07) is 20.5. The van der Waals surface area contributed by atoms with Gasteiger partial charge in [-0.25, -0.2) is 0 Å². The maximum absolute atomic E-state index is 12.5. The van der Waals surface area contributed by atoms with E-state index in [1.54, 1.807) is 78.9 Å². The Kier molecular flexibility index (Phi) is 5.46. The first-order valence-electron chi connectivity index (χ1n) is 9.20. The van der Waals surface area contributed by atoms with Crippen LogP contribution < -0.4 is 10.1 Å². The highest BCUT2D eigenvalue weighted by Gasteiger charge is 2.32. The quantitative estimate of drug-likeness (QED) is 0.477. The van der Waals surface area contributed by atoms with Crippen LogP contribution in [0.3, 0.4) is 0 Å². The fraction of sp³-hybridized carbons (Fsp3) is 0.0417. The Bertz CT molecular complexity index is 1140. The van der Waals surface area contributed by atoms with E-state index in [9.17, 15) is 14.4 Å². The number of carbonyl (C=O) groups excluding carboxylic acids is 3. The van der Waals surface area contributed by atoms with Crippen molar-refractivity contribution < 1.29 is 19.1 Å². The highest BCUT2D eigenvalue weighted by Crippen LogP contribution is 2.28. The van der Waals surface area contributed by atoms with Crippen LogP contribution in [0.2, 0.25) is 5.02 Å². The summed E-state index contributed by atoms with van der Waals surface area (Å²) in [6.07, 6.45) is 1.57. The van der Waals surface area contributed by atoms with Crippen LogP contribution in [0.25, 0.3) is 6.08 Å². The van der Waals surface area contributed by atoms with Crippen molar-refractivity contribution in [2.75, 3.05) is 11.9 Å². The molecule has 3 aromatic carbocycles. The van der Waals surface area contributed by atoms with Gasteiger partial charge in [0, 0.05) is 11.1 Å². The second-order valence-electron chi connectivity index (χ2n) is 6.65. The van der Waals surface area contributed by atoms with E-state index in [2.05, 4.69) is 5.32 Å². The van der Waals surface area contributed by atoms with Crippen molar-refractivity contribution >= 4 is 40.8 Å². The number of anilines is 1. The molecule has 0 radical (unpaired) electrons. The molecule has 0 saturated carbocycles. The van der Waals surface area contributed by atoms with Crippen LogP contribution in [0.4, 0.5) is 5.69 Å². The van der Waals surface area contributed by atoms with E-state index in [0.29, 0.717) is 33.1 Å². The molecule has 6 heteroatoms. The largest absolute Gasteiger partial charge is 0.484 e. The van der Waals surface area contributed by atoms with Crippen molar-refractivity contribution in [3.63, 3.8) is 0 Å². The monoisotopic (exact) mass is 417 g/mol. The Hall–Kier alpha value is -3.70. The van der Waals surface area contributed by atoms with Crippen molar-refractivity contribution in [1.29, 1.82) is 0 Å². The number of rotatable bonds is 5. The number of ether oxygens (including phenoxy) is 1. The normalized spacial score (nSPS) is 12.5. The topological polar surface area (TPSA) is 72.5 Å². The van der Waals surface area contributed by atoms with Crippen molar-refractivity contribution in [3.05, 3.63) is 100 Å². The van der Waals surface area contributed by atoms with Gasteiger partial charge in [-0.3, -0.25) is 14.4 Å². The van der Waals surface area contributed by atoms with Gasteiger partial charge in [-0.1, -0.05) is 60.1 Å². The molecule has 148 valence electrons. The summed E-state index contributed by atoms with van der Waals surface area (Å²) in [5.41, 5.74) is 2.20. The number of hydrogen-bond donors (Lipinski definition) is 1. The average Bonchev–Trinajstić information content (AvgIpc) is 3.00. The van der Waals surface area contributed by atoms with Gasteiger partial charge >= 0.3 is 0 Å². The maximum Gasteiger partial charge on any atom is 0.262 e. The highest BCUT2D eigenvalue weighted by molar-refractivity contribution is 6.41. The van der Waals surface area contributed by atoms with Crippen LogP contribution in [-0.2, 0) is 4.79 Å². The van der Waals surface area contributed by atoms with Gasteiger partial charge in [-0.2, -0.15) is 0 Å². The SMILES string of the molecule is O=C(COc1ccc(C=C2C(=O)c3ccccc3C2=O)cc1)Nc1ccccc1Cl. The van der Waals surface area contributed by atoms with E-state index in [0.717, 1.165) is 0 Å². The molecule has 0 aromatic heterocycles. The second-order valence-corrected chi connectivity index (χ2v) is 7.05. The average molecular weight is 418 g/mol. The minimum Gasteiger partial charge on any atom is -0.484 e. The number of ketones is 2. The van der Waals surface area contributed by atoms with Gasteiger partial charge in [-0.05, 0) is 35.9 Å². The molecule has 0 unspecified atom stereocenters. The lowest BCUT2D eigenvalue weighted by atomic mass is 10.1. The third-order valence-electron chi connectivity index (χ3n) is 4.61. The van der Waals surface area contributed by atoms with Crippen molar-refractivity contribution in [2.45, 2.75) is 0 Å². The van der Waals surface area contributed by atoms with Gasteiger partial charge < -0.3 is 10.1 Å². The lowest BCUT2D eigenvalue weighted by Crippen LogP contribution is -2.20. The number of carbonyl (C=O) groups is 3. The molecule has 1 aliphatic carbocycles. The highest BCUT2D eigenvalue weighted by atomic mass is 35.5. The number of benzene rings is 3. The number of nitrogens with one attached hydrogen (secondary N) is 1. The Labute approximate surface area is 177 Å². The molecule has 0 spiro atoms. The Morgan fingerprint density at radius 3 is 2.10 bits per heavy atom. The van der Waals surface area contributed by atoms with Crippen LogP contribution in [-0.4, -0.2) is 24.1 Å². The molecule has 1 amide bonds. The Morgan fingerprint density at radius 1 is 0.867 bits per heavy atom. The van der Waals surface area contributed by atoms with E-state index in [1.165, 1.54) is 0 Å². The van der Waals surface area contributed by atoms with Gasteiger partial charge in [0.2, 0.25) is 0 Å². The summed E-state index contributed by atoms with van der Waals surface area (Å²) in [7, 11) is 0. The van der Waals surface area contributed by atoms with E-state index in [-0.39, 0.29) is 29.7 Å². The molecule has 1 aliphatic rings. The van der Waals surface area contributed by atoms with E-state index < -0.39 is 0 Å². The molecule has 3 aromatic rings. The van der Waals surface area contributed by atoms with E-state index >= 15 is 0 Å². The molecule has 0 heterocycles. The molecule has 5 nitrogen and oxygen atoms in total. The number of para-hydroxylation sites is 1. The van der Waals surface area contributed by atoms with Gasteiger partial charge in [0.1, 0.15) is 5.75 Å². The number of halogens is 1. The second kappa shape index (κ2) is 8.35. The third kappa shape index (κ3) is 4.02. The molecule has 0 aliphatic heterocycles. The number of hydrogen-bond acceptors (Lipinski definition) is 4. The minimum absolute atomic E-state index is 0.143. The van der Waals surface area contributed by atoms with Gasteiger partial charge in [0.05, 0.1) is 16.3 Å². The number of Topliss-reactive ketones (excluding diaryl/α,β-unsaturated/α-hetero) is 2. The summed E-state index contributed by atoms with van der Waals surface area (Å²) < 4.78 is 5.49. The predicted octanol–water partition coefficient (Wildman–Crippen LogP) is 4.82. The first-order chi connectivity index (χ1) is 14.5. The first kappa shape index (κ1) is 19.6. The molecule has 0 atom stereocenters. The fourth-order valence-electron chi connectivity index (χ4n) is 3.13. The zero-order valence-electron chi connectivity index (χ0n) is 15.7. The van der Waals surface area contributed by atoms with Crippen molar-refractivity contribution in [1.82, 2.24) is 0 Å². The predicted molar refractivity (Wildman–Crippen MR) is 115 cm³/mol. The minimum atomic E-state index is -0.339. The van der Waals surface area contributed by atoms with Crippen LogP contribution in [0, 0.1) is 0 Å². The summed E-state index contributed by atoms with van der Waals surface area (Å²) in [6.45, 7) is -0.183. The molecule has 30 heavy (non-hydrogen) atoms. The standard InChI is InChI=1S/C24H16ClNO4/c25-20-7-3-4-8-21(20)26-22(27)14-30-16-11-9-15(10-12-16)13-19-23(28)17-5-1-2-6-18(17)24(19)29/h1-13H,14H2,(H,26,27). The molecule has 0 saturated heterocycles. The van der Waals surface area contributed by atoms with Gasteiger partial charge in [-0.15, -0.1) is 0 Å². The third-order valence-corrected chi connectivity index (χ3v) is 4.94. The molecule has 1 N–H and O–H groups in total. The zero-order valence-corrected chi connectivity index (χ0v) is 16.5. The molecule has 0 fully saturated rings. The zero-order chi connectivity index (χ0) is 21.1. The molecule has 4 rings (SSSR count). The summed E-state index contributed by atoms with van der Waals surface area (Å²) in [5.74, 6) is -0.396. The lowest BCUT2D eigenvalue weighted by Gasteiger charge is -2.09. The van der Waals surface area contributed by atoms with Gasteiger partial charge in [0.25, 0.3) is 5.91 Å². The van der Waals surface area contributed by atoms with E-state index in [1.807, 2.05) is 0 Å². The van der Waals surface area contributed by atoms with Crippen LogP contribution in [0.15, 0.2) is 78.4 Å².